The van der Waals surface area contributed by atoms with Crippen LogP contribution in [0.25, 0.3) is 0 Å². The fourth-order valence-corrected chi connectivity index (χ4v) is 3.32. The Morgan fingerprint density at radius 2 is 2.10 bits per heavy atom. The van der Waals surface area contributed by atoms with Gasteiger partial charge in [-0.3, -0.25) is 4.79 Å². The number of amides is 1. The summed E-state index contributed by atoms with van der Waals surface area (Å²) < 4.78 is 6.32. The van der Waals surface area contributed by atoms with Crippen LogP contribution in [0.3, 0.4) is 0 Å². The van der Waals surface area contributed by atoms with Crippen LogP contribution < -0.4 is 15.4 Å². The Balaban J connectivity index is 1.72. The van der Waals surface area contributed by atoms with Gasteiger partial charge in [0.15, 0.2) is 0 Å². The third-order valence-corrected chi connectivity index (χ3v) is 4.53. The lowest BCUT2D eigenvalue weighted by Gasteiger charge is -2.10. The summed E-state index contributed by atoms with van der Waals surface area (Å²) in [5.41, 5.74) is 0.689. The van der Waals surface area contributed by atoms with E-state index in [0.29, 0.717) is 11.4 Å². The summed E-state index contributed by atoms with van der Waals surface area (Å²) in [6.07, 6.45) is 0.915. The molecule has 1 aromatic carbocycles. The summed E-state index contributed by atoms with van der Waals surface area (Å²) in [4.78, 5) is 13.2. The van der Waals surface area contributed by atoms with E-state index in [-0.39, 0.29) is 12.5 Å². The SMILES string of the molecule is COc1ccccc1NC(=O)CNCCc1ccc(Br)s1. The van der Waals surface area contributed by atoms with Crippen LogP contribution in [0.2, 0.25) is 0 Å². The number of rotatable bonds is 7. The minimum atomic E-state index is -0.0770. The highest BCUT2D eigenvalue weighted by Gasteiger charge is 2.06. The molecule has 2 aromatic rings. The fourth-order valence-electron chi connectivity index (χ4n) is 1.84. The van der Waals surface area contributed by atoms with E-state index in [0.717, 1.165) is 16.8 Å². The topological polar surface area (TPSA) is 50.4 Å². The Morgan fingerprint density at radius 3 is 2.81 bits per heavy atom. The number of carbonyl (C=O) groups excluding carboxylic acids is 1. The summed E-state index contributed by atoms with van der Waals surface area (Å²) in [6.45, 7) is 1.05. The number of nitrogens with one attached hydrogen (secondary N) is 2. The van der Waals surface area contributed by atoms with Crippen molar-refractivity contribution < 1.29 is 9.53 Å². The van der Waals surface area contributed by atoms with E-state index in [1.54, 1.807) is 18.4 Å². The summed E-state index contributed by atoms with van der Waals surface area (Å²) in [7, 11) is 1.59. The summed E-state index contributed by atoms with van der Waals surface area (Å²) in [5.74, 6) is 0.584. The quantitative estimate of drug-likeness (QED) is 0.737. The lowest BCUT2D eigenvalue weighted by molar-refractivity contribution is -0.115. The number of hydrogen-bond donors (Lipinski definition) is 2. The van der Waals surface area contributed by atoms with Gasteiger partial charge in [0.2, 0.25) is 5.91 Å². The van der Waals surface area contributed by atoms with Crippen LogP contribution in [0.15, 0.2) is 40.2 Å². The highest BCUT2D eigenvalue weighted by Crippen LogP contribution is 2.23. The molecule has 0 fully saturated rings. The number of halogens is 1. The average Bonchev–Trinajstić information content (AvgIpc) is 2.90. The van der Waals surface area contributed by atoms with Gasteiger partial charge in [-0.2, -0.15) is 0 Å². The van der Waals surface area contributed by atoms with Crippen LogP contribution in [0.1, 0.15) is 4.88 Å². The first-order chi connectivity index (χ1) is 10.2. The fraction of sp³-hybridized carbons (Fsp3) is 0.267. The number of ether oxygens (including phenoxy) is 1. The van der Waals surface area contributed by atoms with Gasteiger partial charge in [0.05, 0.1) is 23.1 Å². The average molecular weight is 369 g/mol. The molecule has 0 spiro atoms. The van der Waals surface area contributed by atoms with E-state index in [2.05, 4.69) is 32.6 Å². The molecule has 4 nitrogen and oxygen atoms in total. The van der Waals surface area contributed by atoms with E-state index >= 15 is 0 Å². The van der Waals surface area contributed by atoms with Gasteiger partial charge in [0, 0.05) is 11.4 Å². The van der Waals surface area contributed by atoms with Crippen molar-refractivity contribution in [1.82, 2.24) is 5.32 Å². The first kappa shape index (κ1) is 16.0. The smallest absolute Gasteiger partial charge is 0.238 e. The number of para-hydroxylation sites is 2. The van der Waals surface area contributed by atoms with Gasteiger partial charge in [-0.15, -0.1) is 11.3 Å². The van der Waals surface area contributed by atoms with Gasteiger partial charge < -0.3 is 15.4 Å². The Morgan fingerprint density at radius 1 is 1.29 bits per heavy atom. The van der Waals surface area contributed by atoms with Crippen LogP contribution in [-0.2, 0) is 11.2 Å². The minimum Gasteiger partial charge on any atom is -0.495 e. The van der Waals surface area contributed by atoms with E-state index in [9.17, 15) is 4.79 Å². The van der Waals surface area contributed by atoms with Crippen molar-refractivity contribution >= 4 is 38.9 Å². The normalized spacial score (nSPS) is 10.4. The van der Waals surface area contributed by atoms with Crippen LogP contribution in [0.4, 0.5) is 5.69 Å². The highest BCUT2D eigenvalue weighted by molar-refractivity contribution is 9.11. The maximum absolute atomic E-state index is 11.9. The molecule has 112 valence electrons. The molecule has 0 saturated carbocycles. The van der Waals surface area contributed by atoms with Gasteiger partial charge in [-0.05, 0) is 46.6 Å². The van der Waals surface area contributed by atoms with Gasteiger partial charge in [-0.25, -0.2) is 0 Å². The van der Waals surface area contributed by atoms with Crippen molar-refractivity contribution in [2.45, 2.75) is 6.42 Å². The molecule has 0 aliphatic heterocycles. The number of benzene rings is 1. The maximum atomic E-state index is 11.9. The van der Waals surface area contributed by atoms with Crippen molar-refractivity contribution in [3.05, 3.63) is 45.1 Å². The van der Waals surface area contributed by atoms with Crippen molar-refractivity contribution in [3.8, 4) is 5.75 Å². The van der Waals surface area contributed by atoms with E-state index < -0.39 is 0 Å². The zero-order chi connectivity index (χ0) is 15.1. The predicted molar refractivity (Wildman–Crippen MR) is 90.2 cm³/mol. The largest absolute Gasteiger partial charge is 0.495 e. The molecule has 6 heteroatoms. The van der Waals surface area contributed by atoms with Crippen LogP contribution >= 0.6 is 27.3 Å². The molecule has 0 aliphatic rings. The van der Waals surface area contributed by atoms with Gasteiger partial charge >= 0.3 is 0 Å². The van der Waals surface area contributed by atoms with Gasteiger partial charge in [0.1, 0.15) is 5.75 Å². The first-order valence-corrected chi connectivity index (χ1v) is 8.18. The molecule has 0 radical (unpaired) electrons. The molecule has 21 heavy (non-hydrogen) atoms. The molecule has 2 N–H and O–H groups in total. The van der Waals surface area contributed by atoms with Crippen molar-refractivity contribution in [2.24, 2.45) is 0 Å². The van der Waals surface area contributed by atoms with Crippen molar-refractivity contribution in [2.75, 3.05) is 25.5 Å². The Bertz CT molecular complexity index is 601. The Hall–Kier alpha value is -1.37. The first-order valence-electron chi connectivity index (χ1n) is 6.57. The maximum Gasteiger partial charge on any atom is 0.238 e. The van der Waals surface area contributed by atoms with Crippen LogP contribution in [-0.4, -0.2) is 26.1 Å². The molecule has 1 amide bonds. The molecule has 0 unspecified atom stereocenters. The Labute approximate surface area is 136 Å². The van der Waals surface area contributed by atoms with Gasteiger partial charge in [-0.1, -0.05) is 12.1 Å². The van der Waals surface area contributed by atoms with Crippen LogP contribution in [0, 0.1) is 0 Å². The predicted octanol–water partition coefficient (Wildman–Crippen LogP) is 3.29. The second-order valence-electron chi connectivity index (χ2n) is 4.38. The summed E-state index contributed by atoms with van der Waals surface area (Å²) in [6, 6.07) is 11.5. The van der Waals surface area contributed by atoms with Crippen molar-refractivity contribution in [1.29, 1.82) is 0 Å². The monoisotopic (exact) mass is 368 g/mol. The molecule has 0 bridgehead atoms. The Kier molecular flexibility index (Phi) is 6.22. The number of carbonyl (C=O) groups is 1. The minimum absolute atomic E-state index is 0.0770. The van der Waals surface area contributed by atoms with Crippen LogP contribution in [0.5, 0.6) is 5.75 Å². The number of anilines is 1. The number of hydrogen-bond acceptors (Lipinski definition) is 4. The highest BCUT2D eigenvalue weighted by atomic mass is 79.9. The number of methoxy groups -OCH3 is 1. The van der Waals surface area contributed by atoms with E-state index in [1.807, 2.05) is 30.3 Å². The molecule has 1 aromatic heterocycles. The second kappa shape index (κ2) is 8.17. The lowest BCUT2D eigenvalue weighted by Crippen LogP contribution is -2.29. The third kappa shape index (κ3) is 5.15. The molecule has 2 rings (SSSR count). The third-order valence-electron chi connectivity index (χ3n) is 2.84. The molecule has 0 aliphatic carbocycles. The summed E-state index contributed by atoms with van der Waals surface area (Å²) in [5, 5.41) is 5.97. The zero-order valence-corrected chi connectivity index (χ0v) is 14.1. The number of thiophene rings is 1. The molecule has 0 atom stereocenters. The zero-order valence-electron chi connectivity index (χ0n) is 11.7. The molecular weight excluding hydrogens is 352 g/mol. The van der Waals surface area contributed by atoms with Crippen molar-refractivity contribution in [3.63, 3.8) is 0 Å². The van der Waals surface area contributed by atoms with Gasteiger partial charge in [0.25, 0.3) is 0 Å². The second-order valence-corrected chi connectivity index (χ2v) is 6.93. The molecule has 1 heterocycles. The summed E-state index contributed by atoms with van der Waals surface area (Å²) >= 11 is 5.15. The molecule has 0 saturated heterocycles. The standard InChI is InChI=1S/C15H17BrN2O2S/c1-20-13-5-3-2-4-12(13)18-15(19)10-17-9-8-11-6-7-14(16)21-11/h2-7,17H,8-10H2,1H3,(H,18,19). The van der Waals surface area contributed by atoms with E-state index in [4.69, 9.17) is 4.74 Å². The van der Waals surface area contributed by atoms with E-state index in [1.165, 1.54) is 4.88 Å². The molecular formula is C15H17BrN2O2S. The lowest BCUT2D eigenvalue weighted by atomic mass is 10.3.